The minimum atomic E-state index is -2.77. The molecule has 1 saturated carbocycles. The molecule has 1 aliphatic rings. The van der Waals surface area contributed by atoms with Crippen molar-refractivity contribution in [2.75, 3.05) is 0 Å². The van der Waals surface area contributed by atoms with Crippen molar-refractivity contribution in [2.24, 2.45) is 5.73 Å². The highest BCUT2D eigenvalue weighted by molar-refractivity contribution is 5.40. The van der Waals surface area contributed by atoms with E-state index >= 15 is 0 Å². The van der Waals surface area contributed by atoms with Crippen molar-refractivity contribution >= 4 is 0 Å². The van der Waals surface area contributed by atoms with E-state index in [0.29, 0.717) is 0 Å². The first kappa shape index (κ1) is 9.40. The van der Waals surface area contributed by atoms with Gasteiger partial charge in [-0.05, 0) is 18.1 Å². The number of rotatable bonds is 3. The fourth-order valence-corrected chi connectivity index (χ4v) is 1.56. The van der Waals surface area contributed by atoms with Gasteiger partial charge in [-0.3, -0.25) is 0 Å². The maximum Gasteiger partial charge on any atom is 0.387 e. The van der Waals surface area contributed by atoms with Gasteiger partial charge >= 0.3 is 6.61 Å². The summed E-state index contributed by atoms with van der Waals surface area (Å²) in [5.74, 6) is 0.436. The van der Waals surface area contributed by atoms with E-state index in [4.69, 9.17) is 5.73 Å². The molecule has 14 heavy (non-hydrogen) atoms. The zero-order valence-electron chi connectivity index (χ0n) is 7.49. The first-order valence-corrected chi connectivity index (χ1v) is 4.48. The fourth-order valence-electron chi connectivity index (χ4n) is 1.56. The Hall–Kier alpha value is -1.16. The van der Waals surface area contributed by atoms with Gasteiger partial charge in [0.1, 0.15) is 5.75 Å². The van der Waals surface area contributed by atoms with Gasteiger partial charge in [0.15, 0.2) is 0 Å². The molecule has 1 aliphatic carbocycles. The highest BCUT2D eigenvalue weighted by Gasteiger charge is 2.37. The third-order valence-corrected chi connectivity index (χ3v) is 2.37. The van der Waals surface area contributed by atoms with Crippen LogP contribution in [0.3, 0.4) is 0 Å². The summed E-state index contributed by atoms with van der Waals surface area (Å²) in [5, 5.41) is 0. The van der Waals surface area contributed by atoms with Crippen molar-refractivity contribution in [1.29, 1.82) is 0 Å². The van der Waals surface area contributed by atoms with Gasteiger partial charge in [0.25, 0.3) is 0 Å². The number of ether oxygens (including phenoxy) is 1. The van der Waals surface area contributed by atoms with E-state index in [1.807, 2.05) is 0 Å². The second kappa shape index (κ2) is 3.53. The van der Waals surface area contributed by atoms with Crippen LogP contribution in [0.1, 0.15) is 17.9 Å². The number of hydrogen-bond donors (Lipinski definition) is 1. The topological polar surface area (TPSA) is 35.2 Å². The molecule has 2 atom stereocenters. The molecule has 2 N–H and O–H groups in total. The first-order valence-electron chi connectivity index (χ1n) is 4.48. The van der Waals surface area contributed by atoms with Gasteiger partial charge in [-0.15, -0.1) is 0 Å². The van der Waals surface area contributed by atoms with E-state index in [1.54, 1.807) is 24.3 Å². The summed E-state index contributed by atoms with van der Waals surface area (Å²) >= 11 is 0. The molecular weight excluding hydrogens is 188 g/mol. The zero-order valence-corrected chi connectivity index (χ0v) is 7.49. The van der Waals surface area contributed by atoms with E-state index in [2.05, 4.69) is 4.74 Å². The molecule has 0 saturated heterocycles. The Kier molecular flexibility index (Phi) is 2.37. The summed E-state index contributed by atoms with van der Waals surface area (Å²) in [6.07, 6.45) is 0.851. The Labute approximate surface area is 80.7 Å². The molecule has 0 heterocycles. The van der Waals surface area contributed by atoms with Crippen molar-refractivity contribution in [1.82, 2.24) is 0 Å². The van der Waals surface area contributed by atoms with E-state index in [-0.39, 0.29) is 17.7 Å². The van der Waals surface area contributed by atoms with Crippen molar-refractivity contribution in [3.63, 3.8) is 0 Å². The van der Waals surface area contributed by atoms with Gasteiger partial charge in [0.2, 0.25) is 0 Å². The maximum atomic E-state index is 12.0. The first-order chi connectivity index (χ1) is 6.68. The quantitative estimate of drug-likeness (QED) is 0.809. The monoisotopic (exact) mass is 199 g/mol. The van der Waals surface area contributed by atoms with Crippen LogP contribution >= 0.6 is 0 Å². The third-order valence-electron chi connectivity index (χ3n) is 2.37. The molecule has 0 aliphatic heterocycles. The maximum absolute atomic E-state index is 12.0. The van der Waals surface area contributed by atoms with Crippen LogP contribution in [-0.2, 0) is 0 Å². The van der Waals surface area contributed by atoms with Crippen LogP contribution in [0.25, 0.3) is 0 Å². The van der Waals surface area contributed by atoms with Crippen LogP contribution in [0.15, 0.2) is 24.3 Å². The van der Waals surface area contributed by atoms with E-state index in [9.17, 15) is 8.78 Å². The van der Waals surface area contributed by atoms with Crippen molar-refractivity contribution in [2.45, 2.75) is 25.0 Å². The normalized spacial score (nSPS) is 25.1. The molecule has 0 aromatic heterocycles. The van der Waals surface area contributed by atoms with Crippen LogP contribution in [0, 0.1) is 0 Å². The van der Waals surface area contributed by atoms with Gasteiger partial charge in [0.05, 0.1) is 0 Å². The highest BCUT2D eigenvalue weighted by atomic mass is 19.3. The smallest absolute Gasteiger partial charge is 0.387 e. The summed E-state index contributed by atoms with van der Waals surface area (Å²) in [6.45, 7) is -2.77. The highest BCUT2D eigenvalue weighted by Crippen LogP contribution is 2.43. The number of nitrogens with two attached hydrogens (primary N) is 1. The number of benzene rings is 1. The molecule has 0 amide bonds. The lowest BCUT2D eigenvalue weighted by Crippen LogP contribution is -2.06. The summed E-state index contributed by atoms with van der Waals surface area (Å²) in [7, 11) is 0. The van der Waals surface area contributed by atoms with E-state index in [0.717, 1.165) is 12.0 Å². The Bertz CT molecular complexity index is 330. The summed E-state index contributed by atoms with van der Waals surface area (Å²) < 4.78 is 28.5. The molecule has 76 valence electrons. The Morgan fingerprint density at radius 3 is 2.57 bits per heavy atom. The van der Waals surface area contributed by atoms with Gasteiger partial charge in [-0.2, -0.15) is 8.78 Å². The van der Waals surface area contributed by atoms with Crippen LogP contribution in [0.5, 0.6) is 5.75 Å². The molecular formula is C10H11F2NO. The minimum Gasteiger partial charge on any atom is -0.435 e. The predicted octanol–water partition coefficient (Wildman–Crippen LogP) is 2.10. The number of halogens is 2. The summed E-state index contributed by atoms with van der Waals surface area (Å²) in [6, 6.07) is 6.91. The van der Waals surface area contributed by atoms with Gasteiger partial charge in [-0.25, -0.2) is 0 Å². The van der Waals surface area contributed by atoms with Crippen molar-refractivity contribution in [3.05, 3.63) is 29.8 Å². The van der Waals surface area contributed by atoms with Gasteiger partial charge in [0, 0.05) is 12.0 Å². The number of para-hydroxylation sites is 1. The van der Waals surface area contributed by atoms with Gasteiger partial charge < -0.3 is 10.5 Å². The standard InChI is InChI=1S/C10H11F2NO/c11-10(12)14-9-4-2-1-3-6(9)7-5-8(7)13/h1-4,7-8,10H,5,13H2/t7-,8-/m1/s1. The molecule has 0 unspecified atom stereocenters. The SMILES string of the molecule is N[C@@H]1C[C@@H]1c1ccccc1OC(F)F. The molecule has 1 aromatic rings. The molecule has 1 fully saturated rings. The fraction of sp³-hybridized carbons (Fsp3) is 0.400. The zero-order chi connectivity index (χ0) is 10.1. The lowest BCUT2D eigenvalue weighted by atomic mass is 10.1. The molecule has 4 heteroatoms. The summed E-state index contributed by atoms with van der Waals surface area (Å²) in [4.78, 5) is 0. The Morgan fingerprint density at radius 1 is 1.36 bits per heavy atom. The average Bonchev–Trinajstić information content (AvgIpc) is 2.82. The molecule has 0 radical (unpaired) electrons. The van der Waals surface area contributed by atoms with Crippen molar-refractivity contribution < 1.29 is 13.5 Å². The number of hydrogen-bond acceptors (Lipinski definition) is 2. The summed E-state index contributed by atoms with van der Waals surface area (Å²) in [5.41, 5.74) is 6.45. The minimum absolute atomic E-state index is 0.0948. The van der Waals surface area contributed by atoms with Crippen LogP contribution < -0.4 is 10.5 Å². The van der Waals surface area contributed by atoms with Crippen LogP contribution in [-0.4, -0.2) is 12.7 Å². The molecule has 0 bridgehead atoms. The Balaban J connectivity index is 2.20. The predicted molar refractivity (Wildman–Crippen MR) is 48.4 cm³/mol. The van der Waals surface area contributed by atoms with E-state index in [1.165, 1.54) is 0 Å². The largest absolute Gasteiger partial charge is 0.435 e. The van der Waals surface area contributed by atoms with Crippen LogP contribution in [0.2, 0.25) is 0 Å². The number of alkyl halides is 2. The van der Waals surface area contributed by atoms with Gasteiger partial charge in [-0.1, -0.05) is 18.2 Å². The van der Waals surface area contributed by atoms with Crippen LogP contribution in [0.4, 0.5) is 8.78 Å². The molecule has 2 rings (SSSR count). The second-order valence-corrected chi connectivity index (χ2v) is 3.42. The lowest BCUT2D eigenvalue weighted by molar-refractivity contribution is -0.0504. The van der Waals surface area contributed by atoms with E-state index < -0.39 is 6.61 Å². The third kappa shape index (κ3) is 1.85. The van der Waals surface area contributed by atoms with Crippen molar-refractivity contribution in [3.8, 4) is 5.75 Å². The Morgan fingerprint density at radius 2 is 2.00 bits per heavy atom. The average molecular weight is 199 g/mol. The second-order valence-electron chi connectivity index (χ2n) is 3.42. The molecule has 2 nitrogen and oxygen atoms in total. The molecule has 1 aromatic carbocycles. The lowest BCUT2D eigenvalue weighted by Gasteiger charge is -2.09. The molecule has 0 spiro atoms.